The Bertz CT molecular complexity index is 365. The third-order valence-corrected chi connectivity index (χ3v) is 3.62. The molecule has 0 aliphatic carbocycles. The van der Waals surface area contributed by atoms with Gasteiger partial charge in [0, 0.05) is 25.5 Å². The van der Waals surface area contributed by atoms with Crippen molar-refractivity contribution in [3.63, 3.8) is 0 Å². The van der Waals surface area contributed by atoms with Gasteiger partial charge in [-0.25, -0.2) is 0 Å². The Morgan fingerprint density at radius 2 is 2.33 bits per heavy atom. The minimum atomic E-state index is 0.816. The summed E-state index contributed by atoms with van der Waals surface area (Å²) in [5, 5.41) is 3.47. The summed E-state index contributed by atoms with van der Waals surface area (Å²) in [4.78, 5) is 6.85. The van der Waals surface area contributed by atoms with Crippen LogP contribution in [-0.2, 0) is 6.54 Å². The second-order valence-corrected chi connectivity index (χ2v) is 5.42. The van der Waals surface area contributed by atoms with Gasteiger partial charge in [0.25, 0.3) is 0 Å². The summed E-state index contributed by atoms with van der Waals surface area (Å²) in [6.07, 6.45) is 6.62. The van der Waals surface area contributed by atoms with Crippen molar-refractivity contribution >= 4 is 0 Å². The summed E-state index contributed by atoms with van der Waals surface area (Å²) < 4.78 is 0. The fourth-order valence-corrected chi connectivity index (χ4v) is 2.77. The van der Waals surface area contributed by atoms with Crippen molar-refractivity contribution in [1.82, 2.24) is 15.2 Å². The van der Waals surface area contributed by atoms with Crippen LogP contribution in [-0.4, -0.2) is 36.1 Å². The van der Waals surface area contributed by atoms with Crippen LogP contribution in [0, 0.1) is 12.8 Å². The van der Waals surface area contributed by atoms with Gasteiger partial charge in [0.2, 0.25) is 0 Å². The lowest BCUT2D eigenvalue weighted by atomic mass is 9.97. The Kier molecular flexibility index (Phi) is 5.14. The van der Waals surface area contributed by atoms with Gasteiger partial charge < -0.3 is 5.32 Å². The molecule has 0 saturated carbocycles. The maximum Gasteiger partial charge on any atom is 0.0313 e. The van der Waals surface area contributed by atoms with Crippen LogP contribution >= 0.6 is 0 Å². The van der Waals surface area contributed by atoms with Crippen molar-refractivity contribution in [2.24, 2.45) is 5.92 Å². The molecule has 1 saturated heterocycles. The highest BCUT2D eigenvalue weighted by atomic mass is 15.1. The molecule has 1 aliphatic heterocycles. The van der Waals surface area contributed by atoms with E-state index in [9.17, 15) is 0 Å². The highest BCUT2D eigenvalue weighted by Gasteiger charge is 2.19. The summed E-state index contributed by atoms with van der Waals surface area (Å²) in [5.41, 5.74) is 2.60. The first-order chi connectivity index (χ1) is 8.78. The van der Waals surface area contributed by atoms with E-state index < -0.39 is 0 Å². The monoisotopic (exact) mass is 247 g/mol. The lowest BCUT2D eigenvalue weighted by Gasteiger charge is -2.32. The molecular formula is C15H25N3. The third-order valence-electron chi connectivity index (χ3n) is 3.62. The van der Waals surface area contributed by atoms with Crippen molar-refractivity contribution < 1.29 is 0 Å². The molecule has 18 heavy (non-hydrogen) atoms. The molecule has 0 aromatic carbocycles. The molecule has 0 bridgehead atoms. The van der Waals surface area contributed by atoms with Crippen LogP contribution in [0.5, 0.6) is 0 Å². The van der Waals surface area contributed by atoms with Crippen LogP contribution < -0.4 is 5.32 Å². The summed E-state index contributed by atoms with van der Waals surface area (Å²) in [6, 6.07) is 2.25. The maximum absolute atomic E-state index is 4.28. The summed E-state index contributed by atoms with van der Waals surface area (Å²) in [5.74, 6) is 0.816. The standard InChI is InChI=1S/C15H25N3/c1-3-16-9-14-5-4-6-18(11-14)12-15-7-13(2)8-17-10-15/h7-8,10,14,16H,3-6,9,11-12H2,1-2H3. The fourth-order valence-electron chi connectivity index (χ4n) is 2.77. The van der Waals surface area contributed by atoms with E-state index in [4.69, 9.17) is 0 Å². The minimum Gasteiger partial charge on any atom is -0.317 e. The first-order valence-electron chi connectivity index (χ1n) is 7.11. The van der Waals surface area contributed by atoms with Gasteiger partial charge in [-0.05, 0) is 56.4 Å². The lowest BCUT2D eigenvalue weighted by Crippen LogP contribution is -2.39. The van der Waals surface area contributed by atoms with Gasteiger partial charge in [0.1, 0.15) is 0 Å². The Morgan fingerprint density at radius 3 is 3.11 bits per heavy atom. The van der Waals surface area contributed by atoms with Crippen LogP contribution in [0.25, 0.3) is 0 Å². The highest BCUT2D eigenvalue weighted by molar-refractivity contribution is 5.16. The molecule has 3 heteroatoms. The quantitative estimate of drug-likeness (QED) is 0.864. The molecule has 0 radical (unpaired) electrons. The van der Waals surface area contributed by atoms with Crippen molar-refractivity contribution in [3.05, 3.63) is 29.6 Å². The van der Waals surface area contributed by atoms with E-state index in [2.05, 4.69) is 35.1 Å². The number of hydrogen-bond donors (Lipinski definition) is 1. The second-order valence-electron chi connectivity index (χ2n) is 5.42. The van der Waals surface area contributed by atoms with E-state index in [1.807, 2.05) is 12.4 Å². The molecule has 1 aromatic rings. The van der Waals surface area contributed by atoms with Crippen LogP contribution in [0.1, 0.15) is 30.9 Å². The van der Waals surface area contributed by atoms with Gasteiger partial charge in [-0.1, -0.05) is 13.0 Å². The molecule has 1 atom stereocenters. The van der Waals surface area contributed by atoms with E-state index in [1.165, 1.54) is 43.6 Å². The van der Waals surface area contributed by atoms with Gasteiger partial charge in [-0.2, -0.15) is 0 Å². The summed E-state index contributed by atoms with van der Waals surface area (Å²) in [7, 11) is 0. The van der Waals surface area contributed by atoms with Gasteiger partial charge in [0.15, 0.2) is 0 Å². The van der Waals surface area contributed by atoms with Gasteiger partial charge in [0.05, 0.1) is 0 Å². The average molecular weight is 247 g/mol. The normalized spacial score (nSPS) is 21.1. The number of pyridine rings is 1. The number of nitrogens with one attached hydrogen (secondary N) is 1. The third kappa shape index (κ3) is 4.07. The highest BCUT2D eigenvalue weighted by Crippen LogP contribution is 2.18. The smallest absolute Gasteiger partial charge is 0.0313 e. The Labute approximate surface area is 111 Å². The molecule has 1 aromatic heterocycles. The predicted molar refractivity (Wildman–Crippen MR) is 75.5 cm³/mol. The number of nitrogens with zero attached hydrogens (tertiary/aromatic N) is 2. The first-order valence-corrected chi connectivity index (χ1v) is 7.11. The zero-order chi connectivity index (χ0) is 12.8. The molecule has 1 fully saturated rings. The molecule has 1 N–H and O–H groups in total. The number of aryl methyl sites for hydroxylation is 1. The Hall–Kier alpha value is -0.930. The molecular weight excluding hydrogens is 222 g/mol. The van der Waals surface area contributed by atoms with Crippen LogP contribution in [0.3, 0.4) is 0 Å². The van der Waals surface area contributed by atoms with Gasteiger partial charge in [-0.3, -0.25) is 9.88 Å². The second kappa shape index (κ2) is 6.86. The van der Waals surface area contributed by atoms with Crippen molar-refractivity contribution in [1.29, 1.82) is 0 Å². The SMILES string of the molecule is CCNCC1CCCN(Cc2cncc(C)c2)C1. The van der Waals surface area contributed by atoms with Crippen LogP contribution in [0.2, 0.25) is 0 Å². The zero-order valence-electron chi connectivity index (χ0n) is 11.7. The molecule has 0 amide bonds. The van der Waals surface area contributed by atoms with Crippen molar-refractivity contribution in [2.45, 2.75) is 33.2 Å². The molecule has 100 valence electrons. The van der Waals surface area contributed by atoms with E-state index >= 15 is 0 Å². The van der Waals surface area contributed by atoms with E-state index in [-0.39, 0.29) is 0 Å². The number of piperidine rings is 1. The van der Waals surface area contributed by atoms with Crippen molar-refractivity contribution in [3.8, 4) is 0 Å². The number of rotatable bonds is 5. The summed E-state index contributed by atoms with van der Waals surface area (Å²) >= 11 is 0. The predicted octanol–water partition coefficient (Wildman–Crippen LogP) is 2.21. The van der Waals surface area contributed by atoms with Crippen LogP contribution in [0.15, 0.2) is 18.5 Å². The molecule has 3 nitrogen and oxygen atoms in total. The number of aromatic nitrogens is 1. The maximum atomic E-state index is 4.28. The Morgan fingerprint density at radius 1 is 1.44 bits per heavy atom. The number of likely N-dealkylation sites (tertiary alicyclic amines) is 1. The molecule has 2 rings (SSSR count). The van der Waals surface area contributed by atoms with E-state index in [0.29, 0.717) is 0 Å². The molecule has 2 heterocycles. The number of hydrogen-bond acceptors (Lipinski definition) is 3. The van der Waals surface area contributed by atoms with Crippen LogP contribution in [0.4, 0.5) is 0 Å². The minimum absolute atomic E-state index is 0.816. The topological polar surface area (TPSA) is 28.2 Å². The Balaban J connectivity index is 1.85. The van der Waals surface area contributed by atoms with E-state index in [0.717, 1.165) is 19.0 Å². The molecule has 1 aliphatic rings. The average Bonchev–Trinajstić information content (AvgIpc) is 2.37. The van der Waals surface area contributed by atoms with Gasteiger partial charge in [-0.15, -0.1) is 0 Å². The fraction of sp³-hybridized carbons (Fsp3) is 0.667. The van der Waals surface area contributed by atoms with Crippen molar-refractivity contribution in [2.75, 3.05) is 26.2 Å². The largest absolute Gasteiger partial charge is 0.317 e. The zero-order valence-corrected chi connectivity index (χ0v) is 11.7. The molecule has 0 spiro atoms. The first kappa shape index (κ1) is 13.5. The summed E-state index contributed by atoms with van der Waals surface area (Å²) in [6.45, 7) is 10.0. The molecule has 1 unspecified atom stereocenters. The van der Waals surface area contributed by atoms with E-state index in [1.54, 1.807) is 0 Å². The van der Waals surface area contributed by atoms with Gasteiger partial charge >= 0.3 is 0 Å². The lowest BCUT2D eigenvalue weighted by molar-refractivity contribution is 0.165.